The number of nitrogens with one attached hydrogen (secondary N) is 1. The van der Waals surface area contributed by atoms with Gasteiger partial charge in [0.05, 0.1) is 0 Å². The molecule has 0 fully saturated rings. The minimum absolute atomic E-state index is 0.308. The molecule has 0 aliphatic carbocycles. The Kier molecular flexibility index (Phi) is 5.10. The quantitative estimate of drug-likeness (QED) is 0.817. The molecule has 1 atom stereocenters. The maximum absolute atomic E-state index is 3.44. The molecule has 0 radical (unpaired) electrons. The highest BCUT2D eigenvalue weighted by Gasteiger charge is 2.23. The lowest BCUT2D eigenvalue weighted by Crippen LogP contribution is -2.32. The van der Waals surface area contributed by atoms with Crippen LogP contribution in [0.15, 0.2) is 35.9 Å². The Morgan fingerprint density at radius 3 is 2.48 bits per heavy atom. The predicted molar refractivity (Wildman–Crippen MR) is 92.9 cm³/mol. The highest BCUT2D eigenvalue weighted by molar-refractivity contribution is 5.56. The molecule has 1 heterocycles. The molecule has 0 amide bonds. The lowest BCUT2D eigenvalue weighted by Gasteiger charge is -2.35. The number of hydrogen-bond donors (Lipinski definition) is 1. The Morgan fingerprint density at radius 1 is 1.24 bits per heavy atom. The first-order chi connectivity index (χ1) is 9.97. The fourth-order valence-corrected chi connectivity index (χ4v) is 3.22. The molecule has 1 aliphatic rings. The lowest BCUT2D eigenvalue weighted by molar-refractivity contribution is 0.472. The molecule has 2 nitrogen and oxygen atoms in total. The van der Waals surface area contributed by atoms with Gasteiger partial charge in [0.15, 0.2) is 0 Å². The average Bonchev–Trinajstić information content (AvgIpc) is 2.48. The van der Waals surface area contributed by atoms with Gasteiger partial charge in [-0.2, -0.15) is 0 Å². The topological polar surface area (TPSA) is 15.3 Å². The minimum Gasteiger partial charge on any atom is -0.367 e. The summed E-state index contributed by atoms with van der Waals surface area (Å²) in [5.41, 5.74) is 4.72. The Morgan fingerprint density at radius 2 is 1.95 bits per heavy atom. The zero-order valence-electron chi connectivity index (χ0n) is 14.2. The van der Waals surface area contributed by atoms with Crippen molar-refractivity contribution in [3.63, 3.8) is 0 Å². The number of anilines is 1. The van der Waals surface area contributed by atoms with Gasteiger partial charge in [0.1, 0.15) is 0 Å². The summed E-state index contributed by atoms with van der Waals surface area (Å²) >= 11 is 0. The lowest BCUT2D eigenvalue weighted by atomic mass is 9.83. The van der Waals surface area contributed by atoms with Crippen LogP contribution in [0, 0.1) is 5.41 Å². The fraction of sp³-hybridized carbons (Fsp3) is 0.579. The molecule has 1 unspecified atom stereocenters. The highest BCUT2D eigenvalue weighted by atomic mass is 15.1. The zero-order valence-corrected chi connectivity index (χ0v) is 14.2. The van der Waals surface area contributed by atoms with Gasteiger partial charge in [-0.25, -0.2) is 0 Å². The summed E-state index contributed by atoms with van der Waals surface area (Å²) in [6, 6.07) is 9.28. The molecule has 0 bridgehead atoms. The summed E-state index contributed by atoms with van der Waals surface area (Å²) < 4.78 is 0. The van der Waals surface area contributed by atoms with E-state index in [-0.39, 0.29) is 0 Å². The summed E-state index contributed by atoms with van der Waals surface area (Å²) in [5, 5.41) is 3.44. The van der Waals surface area contributed by atoms with Crippen molar-refractivity contribution in [3.05, 3.63) is 41.5 Å². The molecule has 0 aromatic heterocycles. The highest BCUT2D eigenvalue weighted by Crippen LogP contribution is 2.34. The molecule has 1 aliphatic heterocycles. The molecule has 1 aromatic carbocycles. The van der Waals surface area contributed by atoms with Gasteiger partial charge < -0.3 is 10.2 Å². The first kappa shape index (κ1) is 16.1. The third-order valence-corrected chi connectivity index (χ3v) is 4.58. The molecule has 21 heavy (non-hydrogen) atoms. The Balaban J connectivity index is 2.23. The van der Waals surface area contributed by atoms with Crippen LogP contribution in [-0.2, 0) is 0 Å². The third-order valence-electron chi connectivity index (χ3n) is 4.58. The van der Waals surface area contributed by atoms with Crippen LogP contribution in [0.1, 0.15) is 52.1 Å². The normalized spacial score (nSPS) is 17.6. The van der Waals surface area contributed by atoms with Gasteiger partial charge in [-0.15, -0.1) is 0 Å². The summed E-state index contributed by atoms with van der Waals surface area (Å²) in [7, 11) is 2.05. The van der Waals surface area contributed by atoms with E-state index in [1.807, 2.05) is 0 Å². The van der Waals surface area contributed by atoms with Crippen molar-refractivity contribution >= 4 is 5.69 Å². The number of benzene rings is 1. The van der Waals surface area contributed by atoms with Crippen LogP contribution in [0.5, 0.6) is 0 Å². The largest absolute Gasteiger partial charge is 0.367 e. The van der Waals surface area contributed by atoms with E-state index in [2.05, 4.69) is 75.3 Å². The molecule has 0 saturated carbocycles. The van der Waals surface area contributed by atoms with Crippen LogP contribution in [0.3, 0.4) is 0 Å². The summed E-state index contributed by atoms with van der Waals surface area (Å²) in [6.07, 6.45) is 4.72. The fourth-order valence-electron chi connectivity index (χ4n) is 3.22. The Bertz CT molecular complexity index is 493. The zero-order chi connectivity index (χ0) is 15.5. The number of rotatable bonds is 4. The Labute approximate surface area is 130 Å². The van der Waals surface area contributed by atoms with Gasteiger partial charge in [-0.05, 0) is 36.9 Å². The summed E-state index contributed by atoms with van der Waals surface area (Å²) in [6.45, 7) is 11.3. The van der Waals surface area contributed by atoms with Crippen molar-refractivity contribution in [3.8, 4) is 0 Å². The van der Waals surface area contributed by atoms with E-state index < -0.39 is 0 Å². The van der Waals surface area contributed by atoms with Crippen LogP contribution < -0.4 is 10.2 Å². The molecule has 2 rings (SSSR count). The van der Waals surface area contributed by atoms with E-state index in [9.17, 15) is 0 Å². The van der Waals surface area contributed by atoms with Crippen molar-refractivity contribution in [1.82, 2.24) is 5.32 Å². The van der Waals surface area contributed by atoms with Crippen molar-refractivity contribution in [2.24, 2.45) is 5.41 Å². The number of hydrogen-bond acceptors (Lipinski definition) is 2. The summed E-state index contributed by atoms with van der Waals surface area (Å²) in [5.74, 6) is 0. The second-order valence-electron chi connectivity index (χ2n) is 6.98. The van der Waals surface area contributed by atoms with Gasteiger partial charge >= 0.3 is 0 Å². The monoisotopic (exact) mass is 286 g/mol. The van der Waals surface area contributed by atoms with Crippen molar-refractivity contribution in [2.75, 3.05) is 25.0 Å². The average molecular weight is 286 g/mol. The van der Waals surface area contributed by atoms with Crippen LogP contribution >= 0.6 is 0 Å². The second-order valence-corrected chi connectivity index (χ2v) is 6.98. The van der Waals surface area contributed by atoms with E-state index in [1.165, 1.54) is 17.7 Å². The van der Waals surface area contributed by atoms with Crippen molar-refractivity contribution < 1.29 is 0 Å². The van der Waals surface area contributed by atoms with Crippen molar-refractivity contribution in [2.45, 2.75) is 46.6 Å². The standard InChI is InChI=1S/C19H30N2/c1-6-17(20-5)16-9-7-8-10-18(16)21-13-11-15(12-14-21)19(2,3)4/h7-11,17,20H,6,12-14H2,1-5H3. The minimum atomic E-state index is 0.308. The van der Waals surface area contributed by atoms with Gasteiger partial charge in [-0.1, -0.05) is 57.5 Å². The Hall–Kier alpha value is -1.28. The smallest absolute Gasteiger partial charge is 0.0417 e. The van der Waals surface area contributed by atoms with E-state index in [1.54, 1.807) is 5.57 Å². The molecule has 116 valence electrons. The van der Waals surface area contributed by atoms with Crippen LogP contribution in [-0.4, -0.2) is 20.1 Å². The van der Waals surface area contributed by atoms with Crippen molar-refractivity contribution in [1.29, 1.82) is 0 Å². The van der Waals surface area contributed by atoms with Gasteiger partial charge in [0, 0.05) is 24.8 Å². The molecule has 1 N–H and O–H groups in total. The molecule has 1 aromatic rings. The SMILES string of the molecule is CCC(NC)c1ccccc1N1CC=C(C(C)(C)C)CC1. The number of nitrogens with zero attached hydrogens (tertiary/aromatic N) is 1. The molecule has 2 heteroatoms. The second kappa shape index (κ2) is 6.65. The van der Waals surface area contributed by atoms with E-state index in [0.29, 0.717) is 11.5 Å². The summed E-state index contributed by atoms with van der Waals surface area (Å²) in [4.78, 5) is 2.52. The van der Waals surface area contributed by atoms with E-state index in [0.717, 1.165) is 19.5 Å². The van der Waals surface area contributed by atoms with Gasteiger partial charge in [-0.3, -0.25) is 0 Å². The van der Waals surface area contributed by atoms with Gasteiger partial charge in [0.25, 0.3) is 0 Å². The first-order valence-electron chi connectivity index (χ1n) is 8.18. The van der Waals surface area contributed by atoms with E-state index >= 15 is 0 Å². The molecular weight excluding hydrogens is 256 g/mol. The number of para-hydroxylation sites is 1. The van der Waals surface area contributed by atoms with E-state index in [4.69, 9.17) is 0 Å². The maximum atomic E-state index is 3.44. The predicted octanol–water partition coefficient (Wildman–Crippen LogP) is 4.54. The molecule has 0 spiro atoms. The van der Waals surface area contributed by atoms with Crippen LogP contribution in [0.25, 0.3) is 0 Å². The van der Waals surface area contributed by atoms with Crippen LogP contribution in [0.4, 0.5) is 5.69 Å². The molecule has 0 saturated heterocycles. The van der Waals surface area contributed by atoms with Gasteiger partial charge in [0.2, 0.25) is 0 Å². The van der Waals surface area contributed by atoms with Crippen LogP contribution in [0.2, 0.25) is 0 Å². The first-order valence-corrected chi connectivity index (χ1v) is 8.18. The third kappa shape index (κ3) is 3.68. The molecular formula is C19H30N2. The maximum Gasteiger partial charge on any atom is 0.0417 e.